The molecule has 2 N–H and O–H groups in total. The minimum Gasteiger partial charge on any atom is -0.444 e. The van der Waals surface area contributed by atoms with Crippen molar-refractivity contribution in [2.24, 2.45) is 5.92 Å². The zero-order valence-electron chi connectivity index (χ0n) is 17.7. The average Bonchev–Trinajstić information content (AvgIpc) is 3.21. The van der Waals surface area contributed by atoms with Gasteiger partial charge in [-0.1, -0.05) is 12.1 Å². The average molecular weight is 448 g/mol. The van der Waals surface area contributed by atoms with Crippen molar-refractivity contribution in [3.05, 3.63) is 47.1 Å². The molecule has 3 rings (SSSR count). The number of piperidine rings is 1. The second-order valence-corrected chi connectivity index (χ2v) is 9.46. The molecule has 166 valence electrons. The van der Waals surface area contributed by atoms with Crippen LogP contribution in [0.15, 0.2) is 36.4 Å². The molecule has 1 unspecified atom stereocenters. The number of carbonyl (C=O) groups excluding carboxylic acids is 3. The summed E-state index contributed by atoms with van der Waals surface area (Å²) in [5, 5.41) is 0. The summed E-state index contributed by atoms with van der Waals surface area (Å²) in [6.07, 6.45) is 0.854. The normalized spacial score (nSPS) is 16.5. The Labute approximate surface area is 184 Å². The van der Waals surface area contributed by atoms with E-state index in [1.807, 2.05) is 0 Å². The molecule has 1 aromatic carbocycles. The van der Waals surface area contributed by atoms with Crippen molar-refractivity contribution < 1.29 is 23.5 Å². The molecular formula is C22H26FN3O4S. The number of nitrogens with one attached hydrogen (secondary N) is 2. The van der Waals surface area contributed by atoms with Crippen LogP contribution in [0.3, 0.4) is 0 Å². The van der Waals surface area contributed by atoms with E-state index in [1.54, 1.807) is 45.0 Å². The van der Waals surface area contributed by atoms with Gasteiger partial charge in [0.05, 0.1) is 10.8 Å². The Morgan fingerprint density at radius 2 is 1.81 bits per heavy atom. The van der Waals surface area contributed by atoms with E-state index in [0.717, 1.165) is 10.4 Å². The topological polar surface area (TPSA) is 87.7 Å². The molecule has 1 saturated heterocycles. The first-order valence-electron chi connectivity index (χ1n) is 10.1. The first kappa shape index (κ1) is 22.7. The Kier molecular flexibility index (Phi) is 6.94. The predicted molar refractivity (Wildman–Crippen MR) is 116 cm³/mol. The van der Waals surface area contributed by atoms with E-state index in [2.05, 4.69) is 10.9 Å². The summed E-state index contributed by atoms with van der Waals surface area (Å²) in [5.74, 6) is -1.54. The zero-order valence-corrected chi connectivity index (χ0v) is 18.6. The SMILES string of the molecule is CC(C)(C)OC(=O)N1CCCC(C(=O)NNC(=O)c2ccc(-c3ccc(F)cc3)s2)C1. The molecule has 2 aromatic rings. The van der Waals surface area contributed by atoms with Crippen molar-refractivity contribution >= 4 is 29.2 Å². The van der Waals surface area contributed by atoms with Gasteiger partial charge in [0.1, 0.15) is 11.4 Å². The molecule has 3 amide bonds. The van der Waals surface area contributed by atoms with Gasteiger partial charge >= 0.3 is 6.09 Å². The Morgan fingerprint density at radius 3 is 2.48 bits per heavy atom. The van der Waals surface area contributed by atoms with Crippen LogP contribution in [-0.2, 0) is 9.53 Å². The minimum absolute atomic E-state index is 0.240. The van der Waals surface area contributed by atoms with Crippen LogP contribution in [-0.4, -0.2) is 41.5 Å². The van der Waals surface area contributed by atoms with Gasteiger partial charge in [0.2, 0.25) is 5.91 Å². The molecule has 31 heavy (non-hydrogen) atoms. The molecule has 7 nitrogen and oxygen atoms in total. The summed E-state index contributed by atoms with van der Waals surface area (Å²) in [6.45, 7) is 6.15. The van der Waals surface area contributed by atoms with Crippen molar-refractivity contribution in [3.63, 3.8) is 0 Å². The number of ether oxygens (including phenoxy) is 1. The predicted octanol–water partition coefficient (Wildman–Crippen LogP) is 3.96. The van der Waals surface area contributed by atoms with Crippen molar-refractivity contribution in [2.75, 3.05) is 13.1 Å². The second-order valence-electron chi connectivity index (χ2n) is 8.38. The molecule has 1 atom stereocenters. The van der Waals surface area contributed by atoms with Crippen LogP contribution >= 0.6 is 11.3 Å². The Balaban J connectivity index is 1.52. The number of rotatable bonds is 3. The van der Waals surface area contributed by atoms with E-state index in [4.69, 9.17) is 4.74 Å². The Bertz CT molecular complexity index is 952. The monoisotopic (exact) mass is 447 g/mol. The number of hydrogen-bond donors (Lipinski definition) is 2. The fraction of sp³-hybridized carbons (Fsp3) is 0.409. The minimum atomic E-state index is -0.603. The maximum Gasteiger partial charge on any atom is 0.410 e. The molecule has 0 radical (unpaired) electrons. The molecule has 1 fully saturated rings. The maximum absolute atomic E-state index is 13.1. The second kappa shape index (κ2) is 9.47. The number of hydrazine groups is 1. The van der Waals surface area contributed by atoms with E-state index in [-0.39, 0.29) is 18.3 Å². The molecule has 0 aliphatic carbocycles. The number of carbonyl (C=O) groups is 3. The summed E-state index contributed by atoms with van der Waals surface area (Å²) in [6, 6.07) is 9.43. The molecule has 1 aromatic heterocycles. The van der Waals surface area contributed by atoms with Gasteiger partial charge in [0.15, 0.2) is 0 Å². The summed E-state index contributed by atoms with van der Waals surface area (Å²) >= 11 is 1.24. The van der Waals surface area contributed by atoms with Gasteiger partial charge < -0.3 is 9.64 Å². The molecule has 0 saturated carbocycles. The molecular weight excluding hydrogens is 421 g/mol. The van der Waals surface area contributed by atoms with Crippen LogP contribution in [0, 0.1) is 11.7 Å². The Morgan fingerprint density at radius 1 is 1.10 bits per heavy atom. The van der Waals surface area contributed by atoms with E-state index >= 15 is 0 Å². The molecule has 2 heterocycles. The fourth-order valence-corrected chi connectivity index (χ4v) is 4.10. The van der Waals surface area contributed by atoms with Crippen LogP contribution < -0.4 is 10.9 Å². The lowest BCUT2D eigenvalue weighted by atomic mass is 9.98. The smallest absolute Gasteiger partial charge is 0.410 e. The van der Waals surface area contributed by atoms with Gasteiger partial charge in [-0.3, -0.25) is 20.4 Å². The summed E-state index contributed by atoms with van der Waals surface area (Å²) in [5.41, 5.74) is 5.09. The Hall–Kier alpha value is -2.94. The first-order valence-corrected chi connectivity index (χ1v) is 10.9. The van der Waals surface area contributed by atoms with Crippen LogP contribution in [0.1, 0.15) is 43.3 Å². The standard InChI is InChI=1S/C22H26FN3O4S/c1-22(2,3)30-21(29)26-12-4-5-15(13-26)19(27)24-25-20(28)18-11-10-17(31-18)14-6-8-16(23)9-7-14/h6-11,15H,4-5,12-13H2,1-3H3,(H,24,27)(H,25,28). The van der Waals surface area contributed by atoms with E-state index in [9.17, 15) is 18.8 Å². The highest BCUT2D eigenvalue weighted by Crippen LogP contribution is 2.28. The molecule has 1 aliphatic heterocycles. The van der Waals surface area contributed by atoms with Gasteiger partial charge in [-0.15, -0.1) is 11.3 Å². The van der Waals surface area contributed by atoms with Crippen LogP contribution in [0.2, 0.25) is 0 Å². The largest absolute Gasteiger partial charge is 0.444 e. The number of halogens is 1. The molecule has 9 heteroatoms. The number of thiophene rings is 1. The number of likely N-dealkylation sites (tertiary alicyclic amines) is 1. The van der Waals surface area contributed by atoms with Gasteiger partial charge in [-0.2, -0.15) is 0 Å². The van der Waals surface area contributed by atoms with E-state index in [1.165, 1.54) is 28.4 Å². The molecule has 1 aliphatic rings. The highest BCUT2D eigenvalue weighted by atomic mass is 32.1. The third kappa shape index (κ3) is 6.27. The lowest BCUT2D eigenvalue weighted by molar-refractivity contribution is -0.127. The van der Waals surface area contributed by atoms with Gasteiger partial charge in [0.25, 0.3) is 5.91 Å². The van der Waals surface area contributed by atoms with Crippen molar-refractivity contribution in [2.45, 2.75) is 39.2 Å². The molecule has 0 spiro atoms. The lowest BCUT2D eigenvalue weighted by Crippen LogP contribution is -2.50. The third-order valence-electron chi connectivity index (χ3n) is 4.70. The maximum atomic E-state index is 13.1. The lowest BCUT2D eigenvalue weighted by Gasteiger charge is -2.33. The number of hydrogen-bond acceptors (Lipinski definition) is 5. The number of nitrogens with zero attached hydrogens (tertiary/aromatic N) is 1. The van der Waals surface area contributed by atoms with Gasteiger partial charge in [-0.25, -0.2) is 9.18 Å². The summed E-state index contributed by atoms with van der Waals surface area (Å²) < 4.78 is 18.4. The third-order valence-corrected chi connectivity index (χ3v) is 5.83. The van der Waals surface area contributed by atoms with Gasteiger partial charge in [0, 0.05) is 18.0 Å². The summed E-state index contributed by atoms with van der Waals surface area (Å²) in [7, 11) is 0. The highest BCUT2D eigenvalue weighted by Gasteiger charge is 2.31. The van der Waals surface area contributed by atoms with Crippen LogP contribution in [0.25, 0.3) is 10.4 Å². The van der Waals surface area contributed by atoms with Crippen molar-refractivity contribution in [1.29, 1.82) is 0 Å². The fourth-order valence-electron chi connectivity index (χ4n) is 3.19. The van der Waals surface area contributed by atoms with Crippen molar-refractivity contribution in [1.82, 2.24) is 15.8 Å². The number of benzene rings is 1. The van der Waals surface area contributed by atoms with Gasteiger partial charge in [-0.05, 0) is 63.4 Å². The van der Waals surface area contributed by atoms with Crippen LogP contribution in [0.5, 0.6) is 0 Å². The highest BCUT2D eigenvalue weighted by molar-refractivity contribution is 7.17. The molecule has 0 bridgehead atoms. The number of amides is 3. The summed E-state index contributed by atoms with van der Waals surface area (Å²) in [4.78, 5) is 39.9. The van der Waals surface area contributed by atoms with Crippen molar-refractivity contribution in [3.8, 4) is 10.4 Å². The zero-order chi connectivity index (χ0) is 22.6. The quantitative estimate of drug-likeness (QED) is 0.697. The van der Waals surface area contributed by atoms with E-state index < -0.39 is 23.5 Å². The van der Waals surface area contributed by atoms with E-state index in [0.29, 0.717) is 24.3 Å². The van der Waals surface area contributed by atoms with Crippen LogP contribution in [0.4, 0.5) is 9.18 Å². The first-order chi connectivity index (χ1) is 14.6.